The van der Waals surface area contributed by atoms with Crippen LogP contribution in [0.2, 0.25) is 0 Å². The molecule has 2 fully saturated rings. The number of hydrogen-bond donors (Lipinski definition) is 2. The van der Waals surface area contributed by atoms with E-state index in [-0.39, 0.29) is 12.1 Å². The van der Waals surface area contributed by atoms with Crippen molar-refractivity contribution in [3.05, 3.63) is 54.6 Å². The van der Waals surface area contributed by atoms with Gasteiger partial charge in [-0.2, -0.15) is 0 Å². The van der Waals surface area contributed by atoms with Gasteiger partial charge < -0.3 is 20.1 Å². The molecule has 0 saturated carbocycles. The summed E-state index contributed by atoms with van der Waals surface area (Å²) >= 11 is 0. The van der Waals surface area contributed by atoms with E-state index < -0.39 is 0 Å². The lowest BCUT2D eigenvalue weighted by atomic mass is 9.97. The Morgan fingerprint density at radius 3 is 2.38 bits per heavy atom. The SMILES string of the molecule is O=C(NC[C@H]([C@@H]1CCOC1)N1CCOCC1)Nc1ccc(-c2ccccc2)cc1. The molecule has 2 aromatic carbocycles. The molecule has 6 heteroatoms. The largest absolute Gasteiger partial charge is 0.381 e. The lowest BCUT2D eigenvalue weighted by molar-refractivity contribution is 0.00222. The maximum atomic E-state index is 12.5. The van der Waals surface area contributed by atoms with Crippen molar-refractivity contribution in [2.24, 2.45) is 5.92 Å². The van der Waals surface area contributed by atoms with Crippen LogP contribution in [0.3, 0.4) is 0 Å². The predicted molar refractivity (Wildman–Crippen MR) is 114 cm³/mol. The maximum Gasteiger partial charge on any atom is 0.319 e. The van der Waals surface area contributed by atoms with E-state index >= 15 is 0 Å². The Hall–Kier alpha value is -2.41. The Kier molecular flexibility index (Phi) is 6.77. The Morgan fingerprint density at radius 1 is 0.966 bits per heavy atom. The fourth-order valence-corrected chi connectivity index (χ4v) is 4.11. The zero-order valence-corrected chi connectivity index (χ0v) is 16.7. The summed E-state index contributed by atoms with van der Waals surface area (Å²) < 4.78 is 11.1. The molecule has 2 atom stereocenters. The van der Waals surface area contributed by atoms with Gasteiger partial charge in [-0.05, 0) is 29.7 Å². The van der Waals surface area contributed by atoms with Gasteiger partial charge in [-0.15, -0.1) is 0 Å². The highest BCUT2D eigenvalue weighted by molar-refractivity contribution is 5.89. The average molecular weight is 396 g/mol. The number of amides is 2. The van der Waals surface area contributed by atoms with Crippen molar-refractivity contribution in [3.8, 4) is 11.1 Å². The molecular formula is C23H29N3O3. The predicted octanol–water partition coefficient (Wildman–Crippen LogP) is 3.21. The van der Waals surface area contributed by atoms with Gasteiger partial charge in [0.15, 0.2) is 0 Å². The number of rotatable bonds is 6. The fraction of sp³-hybridized carbons (Fsp3) is 0.435. The summed E-state index contributed by atoms with van der Waals surface area (Å²) in [6, 6.07) is 18.2. The summed E-state index contributed by atoms with van der Waals surface area (Å²) in [6.07, 6.45) is 1.05. The molecule has 4 rings (SSSR count). The van der Waals surface area contributed by atoms with Crippen LogP contribution in [0.4, 0.5) is 10.5 Å². The second-order valence-corrected chi connectivity index (χ2v) is 7.62. The van der Waals surface area contributed by atoms with E-state index in [0.717, 1.165) is 62.8 Å². The van der Waals surface area contributed by atoms with E-state index in [4.69, 9.17) is 9.47 Å². The third-order valence-electron chi connectivity index (χ3n) is 5.75. The number of anilines is 1. The number of carbonyl (C=O) groups is 1. The number of urea groups is 1. The van der Waals surface area contributed by atoms with Crippen LogP contribution < -0.4 is 10.6 Å². The molecule has 2 aromatic rings. The van der Waals surface area contributed by atoms with Crippen LogP contribution in [-0.4, -0.2) is 63.0 Å². The molecule has 2 aliphatic heterocycles. The summed E-state index contributed by atoms with van der Waals surface area (Å²) in [5.41, 5.74) is 3.08. The van der Waals surface area contributed by atoms with E-state index in [0.29, 0.717) is 12.5 Å². The Labute approximate surface area is 172 Å². The number of ether oxygens (including phenoxy) is 2. The number of carbonyl (C=O) groups excluding carboxylic acids is 1. The van der Waals surface area contributed by atoms with E-state index in [9.17, 15) is 4.79 Å². The maximum absolute atomic E-state index is 12.5. The lowest BCUT2D eigenvalue weighted by Gasteiger charge is -2.37. The third-order valence-corrected chi connectivity index (χ3v) is 5.75. The molecule has 6 nitrogen and oxygen atoms in total. The second-order valence-electron chi connectivity index (χ2n) is 7.62. The molecule has 2 N–H and O–H groups in total. The molecule has 154 valence electrons. The minimum atomic E-state index is -0.172. The number of nitrogens with one attached hydrogen (secondary N) is 2. The van der Waals surface area contributed by atoms with Gasteiger partial charge in [0.25, 0.3) is 0 Å². The smallest absolute Gasteiger partial charge is 0.319 e. The van der Waals surface area contributed by atoms with Crippen LogP contribution >= 0.6 is 0 Å². The summed E-state index contributed by atoms with van der Waals surface area (Å²) in [6.45, 7) is 5.52. The third kappa shape index (κ3) is 5.35. The Bertz CT molecular complexity index is 770. The van der Waals surface area contributed by atoms with Gasteiger partial charge in [-0.1, -0.05) is 42.5 Å². The van der Waals surface area contributed by atoms with Gasteiger partial charge in [0.2, 0.25) is 0 Å². The summed E-state index contributed by atoms with van der Waals surface area (Å²) in [5, 5.41) is 6.01. The van der Waals surface area contributed by atoms with Gasteiger partial charge >= 0.3 is 6.03 Å². The number of nitrogens with zero attached hydrogens (tertiary/aromatic N) is 1. The highest BCUT2D eigenvalue weighted by Crippen LogP contribution is 2.23. The minimum Gasteiger partial charge on any atom is -0.381 e. The zero-order chi connectivity index (χ0) is 19.9. The van der Waals surface area contributed by atoms with Crippen molar-refractivity contribution in [3.63, 3.8) is 0 Å². The van der Waals surface area contributed by atoms with Crippen molar-refractivity contribution in [1.82, 2.24) is 10.2 Å². The van der Waals surface area contributed by atoms with Gasteiger partial charge in [0, 0.05) is 43.9 Å². The summed E-state index contributed by atoms with van der Waals surface area (Å²) in [4.78, 5) is 14.9. The van der Waals surface area contributed by atoms with Crippen LogP contribution in [0.25, 0.3) is 11.1 Å². The van der Waals surface area contributed by atoms with Crippen LogP contribution in [0.5, 0.6) is 0 Å². The molecule has 0 unspecified atom stereocenters. The van der Waals surface area contributed by atoms with Crippen LogP contribution in [0.1, 0.15) is 6.42 Å². The van der Waals surface area contributed by atoms with Crippen LogP contribution in [0.15, 0.2) is 54.6 Å². The first-order valence-electron chi connectivity index (χ1n) is 10.4. The van der Waals surface area contributed by atoms with Gasteiger partial charge in [-0.25, -0.2) is 4.79 Å². The van der Waals surface area contributed by atoms with Crippen molar-refractivity contribution in [2.45, 2.75) is 12.5 Å². The normalized spacial score (nSPS) is 20.9. The molecule has 2 saturated heterocycles. The Balaban J connectivity index is 1.32. The van der Waals surface area contributed by atoms with Gasteiger partial charge in [-0.3, -0.25) is 4.90 Å². The molecule has 0 spiro atoms. The van der Waals surface area contributed by atoms with E-state index in [1.54, 1.807) is 0 Å². The van der Waals surface area contributed by atoms with Gasteiger partial charge in [0.1, 0.15) is 0 Å². The number of morpholine rings is 1. The molecule has 2 heterocycles. The van der Waals surface area contributed by atoms with E-state index in [1.165, 1.54) is 0 Å². The highest BCUT2D eigenvalue weighted by Gasteiger charge is 2.31. The van der Waals surface area contributed by atoms with Crippen molar-refractivity contribution >= 4 is 11.7 Å². The highest BCUT2D eigenvalue weighted by atomic mass is 16.5. The van der Waals surface area contributed by atoms with Crippen molar-refractivity contribution in [2.75, 3.05) is 51.4 Å². The van der Waals surface area contributed by atoms with Crippen LogP contribution in [-0.2, 0) is 9.47 Å². The van der Waals surface area contributed by atoms with E-state index in [2.05, 4.69) is 27.7 Å². The first-order chi connectivity index (χ1) is 14.3. The molecule has 29 heavy (non-hydrogen) atoms. The number of benzene rings is 2. The molecule has 0 radical (unpaired) electrons. The monoisotopic (exact) mass is 395 g/mol. The number of hydrogen-bond acceptors (Lipinski definition) is 4. The zero-order valence-electron chi connectivity index (χ0n) is 16.7. The first kappa shape index (κ1) is 19.9. The van der Waals surface area contributed by atoms with Crippen LogP contribution in [0, 0.1) is 5.92 Å². The van der Waals surface area contributed by atoms with Crippen molar-refractivity contribution in [1.29, 1.82) is 0 Å². The lowest BCUT2D eigenvalue weighted by Crippen LogP contribution is -2.52. The average Bonchev–Trinajstić information content (AvgIpc) is 3.30. The summed E-state index contributed by atoms with van der Waals surface area (Å²) in [7, 11) is 0. The summed E-state index contributed by atoms with van der Waals surface area (Å²) in [5.74, 6) is 0.457. The van der Waals surface area contributed by atoms with Crippen molar-refractivity contribution < 1.29 is 14.3 Å². The second kappa shape index (κ2) is 9.87. The molecular weight excluding hydrogens is 366 g/mol. The molecule has 0 aliphatic carbocycles. The first-order valence-corrected chi connectivity index (χ1v) is 10.4. The topological polar surface area (TPSA) is 62.8 Å². The molecule has 0 aromatic heterocycles. The molecule has 0 bridgehead atoms. The Morgan fingerprint density at radius 2 is 1.69 bits per heavy atom. The fourth-order valence-electron chi connectivity index (χ4n) is 4.11. The van der Waals surface area contributed by atoms with Gasteiger partial charge in [0.05, 0.1) is 19.8 Å². The quantitative estimate of drug-likeness (QED) is 0.788. The molecule has 2 amide bonds. The minimum absolute atomic E-state index is 0.172. The van der Waals surface area contributed by atoms with E-state index in [1.807, 2.05) is 42.5 Å². The molecule has 2 aliphatic rings. The standard InChI is InChI=1S/C23H29N3O3/c27-23(25-21-8-6-19(7-9-21)18-4-2-1-3-5-18)24-16-22(20-10-13-29-17-20)26-11-14-28-15-12-26/h1-9,20,22H,10-17H2,(H2,24,25,27)/t20-,22-/m1/s1.